The van der Waals surface area contributed by atoms with Crippen molar-refractivity contribution in [2.45, 2.75) is 77.3 Å². The summed E-state index contributed by atoms with van der Waals surface area (Å²) in [6, 6.07) is 12.0. The molecule has 1 aromatic heterocycles. The van der Waals surface area contributed by atoms with Crippen LogP contribution in [0.1, 0.15) is 64.6 Å². The second kappa shape index (κ2) is 17.9. The number of halogens is 2. The highest BCUT2D eigenvalue weighted by Crippen LogP contribution is 2.36. The zero-order valence-corrected chi connectivity index (χ0v) is 32.8. The summed E-state index contributed by atoms with van der Waals surface area (Å²) >= 11 is 13.4. The second-order valence-electron chi connectivity index (χ2n) is 13.8. The Hall–Kier alpha value is -3.69. The van der Waals surface area contributed by atoms with Gasteiger partial charge in [-0.25, -0.2) is 13.4 Å². The van der Waals surface area contributed by atoms with Gasteiger partial charge < -0.3 is 20.7 Å². The molecule has 16 heteroatoms. The van der Waals surface area contributed by atoms with Gasteiger partial charge >= 0.3 is 0 Å². The number of unbranched alkanes of at least 4 members (excludes halogenated alkanes) is 3. The molecule has 4 rings (SSSR count). The van der Waals surface area contributed by atoms with Gasteiger partial charge in [-0.1, -0.05) is 72.5 Å². The third-order valence-corrected chi connectivity index (χ3v) is 11.8. The van der Waals surface area contributed by atoms with Crippen LogP contribution in [0.25, 0.3) is 10.9 Å². The Bertz CT molecular complexity index is 1870. The van der Waals surface area contributed by atoms with Crippen molar-refractivity contribution in [3.8, 4) is 5.75 Å². The summed E-state index contributed by atoms with van der Waals surface area (Å²) in [5.41, 5.74) is 7.77. The number of nitrogens with one attached hydrogen (secondary N) is 3. The van der Waals surface area contributed by atoms with Gasteiger partial charge in [-0.3, -0.25) is 25.3 Å². The maximum Gasteiger partial charge on any atom is 0.262 e. The van der Waals surface area contributed by atoms with Crippen LogP contribution in [0.3, 0.4) is 0 Å². The number of nitrogens with two attached hydrogens (primary N) is 1. The van der Waals surface area contributed by atoms with Gasteiger partial charge in [0.25, 0.3) is 10.0 Å². The first-order chi connectivity index (χ1) is 24.5. The largest absolute Gasteiger partial charge is 0.487 e. The maximum atomic E-state index is 14.5. The van der Waals surface area contributed by atoms with Crippen molar-refractivity contribution in [1.29, 1.82) is 5.41 Å². The van der Waals surface area contributed by atoms with Crippen LogP contribution in [0.4, 0.5) is 0 Å². The number of aromatic nitrogens is 1. The number of ether oxygens (including phenoxy) is 1. The van der Waals surface area contributed by atoms with Crippen LogP contribution in [0.5, 0.6) is 5.75 Å². The third-order valence-electron chi connectivity index (χ3n) is 9.01. The molecule has 0 aliphatic carbocycles. The molecule has 0 bridgehead atoms. The number of hydrazine groups is 1. The number of fused-ring (bicyclic) bond motifs is 1. The fourth-order valence-corrected chi connectivity index (χ4v) is 8.35. The van der Waals surface area contributed by atoms with E-state index in [4.69, 9.17) is 39.1 Å². The van der Waals surface area contributed by atoms with Gasteiger partial charge in [0.2, 0.25) is 11.8 Å². The van der Waals surface area contributed by atoms with Gasteiger partial charge in [-0.15, -0.1) is 0 Å². The molecule has 1 fully saturated rings. The number of hydrogen-bond donors (Lipinski definition) is 4. The van der Waals surface area contributed by atoms with E-state index in [1.807, 2.05) is 31.2 Å². The van der Waals surface area contributed by atoms with E-state index >= 15 is 0 Å². The molecule has 1 saturated heterocycles. The average Bonchev–Trinajstić information content (AvgIpc) is 3.09. The van der Waals surface area contributed by atoms with Crippen molar-refractivity contribution in [2.75, 3.05) is 39.3 Å². The Morgan fingerprint density at radius 1 is 1.04 bits per heavy atom. The molecule has 0 radical (unpaired) electrons. The Balaban J connectivity index is 1.52. The molecule has 1 aliphatic heterocycles. The van der Waals surface area contributed by atoms with Crippen LogP contribution in [-0.4, -0.2) is 90.2 Å². The topological polar surface area (TPSA) is 174 Å². The average molecular weight is 778 g/mol. The first kappa shape index (κ1) is 41.1. The lowest BCUT2D eigenvalue weighted by atomic mass is 10.0. The quantitative estimate of drug-likeness (QED) is 0.0670. The number of piperazine rings is 1. The number of carbonyl (C=O) groups is 2. The van der Waals surface area contributed by atoms with Crippen LogP contribution in [0.2, 0.25) is 10.0 Å². The Morgan fingerprint density at radius 2 is 1.73 bits per heavy atom. The Labute approximate surface area is 316 Å². The number of pyridine rings is 1. The summed E-state index contributed by atoms with van der Waals surface area (Å²) in [6.07, 6.45) is 3.99. The summed E-state index contributed by atoms with van der Waals surface area (Å²) in [6.45, 7) is 11.6. The summed E-state index contributed by atoms with van der Waals surface area (Å²) in [5.74, 6) is -1.17. The van der Waals surface area contributed by atoms with Gasteiger partial charge in [0.15, 0.2) is 5.96 Å². The lowest BCUT2D eigenvalue weighted by Crippen LogP contribution is -2.65. The molecule has 0 spiro atoms. The van der Waals surface area contributed by atoms with Gasteiger partial charge in [-0.2, -0.15) is 0 Å². The molecule has 2 heterocycles. The van der Waals surface area contributed by atoms with Gasteiger partial charge in [0.1, 0.15) is 28.3 Å². The molecule has 52 heavy (non-hydrogen) atoms. The minimum Gasteiger partial charge on any atom is -0.487 e. The Kier molecular flexibility index (Phi) is 14.1. The highest BCUT2D eigenvalue weighted by Gasteiger charge is 2.47. The monoisotopic (exact) mass is 776 g/mol. The van der Waals surface area contributed by atoms with E-state index in [2.05, 4.69) is 20.6 Å². The lowest BCUT2D eigenvalue weighted by Gasteiger charge is -2.42. The van der Waals surface area contributed by atoms with Gasteiger partial charge in [0.05, 0.1) is 5.02 Å². The molecule has 3 aromatic rings. The number of nitrogens with zero attached hydrogens (tertiary/aromatic N) is 4. The van der Waals surface area contributed by atoms with Crippen molar-refractivity contribution in [3.05, 3.63) is 63.8 Å². The molecule has 0 unspecified atom stereocenters. The zero-order chi connectivity index (χ0) is 38.2. The summed E-state index contributed by atoms with van der Waals surface area (Å²) in [7, 11) is -4.64. The summed E-state index contributed by atoms with van der Waals surface area (Å²) < 4.78 is 35.9. The lowest BCUT2D eigenvalue weighted by molar-refractivity contribution is -0.145. The number of rotatable bonds is 16. The number of benzene rings is 2. The van der Waals surface area contributed by atoms with Crippen molar-refractivity contribution < 1.29 is 22.7 Å². The van der Waals surface area contributed by atoms with Crippen LogP contribution in [0, 0.1) is 18.3 Å². The smallest absolute Gasteiger partial charge is 0.262 e. The van der Waals surface area contributed by atoms with Crippen LogP contribution >= 0.6 is 23.2 Å². The predicted octanol–water partition coefficient (Wildman–Crippen LogP) is 5.07. The van der Waals surface area contributed by atoms with E-state index in [9.17, 15) is 18.0 Å². The van der Waals surface area contributed by atoms with Gasteiger partial charge in [0, 0.05) is 60.3 Å². The van der Waals surface area contributed by atoms with Crippen molar-refractivity contribution in [3.63, 3.8) is 0 Å². The van der Waals surface area contributed by atoms with E-state index in [-0.39, 0.29) is 33.1 Å². The zero-order valence-electron chi connectivity index (χ0n) is 30.5. The van der Waals surface area contributed by atoms with Crippen molar-refractivity contribution in [2.24, 2.45) is 11.7 Å². The molecule has 2 amide bonds. The highest BCUT2D eigenvalue weighted by atomic mass is 35.5. The van der Waals surface area contributed by atoms with Gasteiger partial charge in [-0.05, 0) is 64.4 Å². The molecule has 13 nitrogen and oxygen atoms in total. The molecule has 0 saturated carbocycles. The van der Waals surface area contributed by atoms with E-state index < -0.39 is 33.3 Å². The number of amides is 2. The van der Waals surface area contributed by atoms with E-state index in [1.165, 1.54) is 26.0 Å². The SMILES string of the molecule is Cc1ccc2cccc(OCc3c(Cl)ccc(S(=O)(=O)N(NC(=O)C(C)C)C(C)(C)C(=O)N4CCN(CCCCCCNC(=N)N)CC4)c3Cl)c2n1. The predicted molar refractivity (Wildman–Crippen MR) is 205 cm³/mol. The standard InChI is InChI=1S/C36H50Cl2N8O5S/c1-24(2)33(47)43-46(36(4,5)34(48)45-21-19-44(20-22-45)18-9-7-6-8-17-41-35(39)40)52(49,50)30-16-15-28(37)27(31(30)38)23-51-29-12-10-11-26-14-13-25(3)42-32(26)29/h10-16,24H,6-9,17-23H2,1-5H3,(H,43,47)(H4,39,40,41). The third kappa shape index (κ3) is 10.0. The fourth-order valence-electron chi connectivity index (χ4n) is 5.90. The molecular weight excluding hydrogens is 727 g/mol. The number of para-hydroxylation sites is 1. The normalized spacial score (nSPS) is 14.2. The van der Waals surface area contributed by atoms with Crippen LogP contribution < -0.4 is 21.2 Å². The molecule has 5 N–H and O–H groups in total. The first-order valence-electron chi connectivity index (χ1n) is 17.5. The van der Waals surface area contributed by atoms with Crippen LogP contribution in [0.15, 0.2) is 47.4 Å². The van der Waals surface area contributed by atoms with E-state index in [0.717, 1.165) is 47.7 Å². The molecule has 284 valence electrons. The number of carbonyl (C=O) groups excluding carboxylic acids is 2. The molecule has 0 atom stereocenters. The van der Waals surface area contributed by atoms with E-state index in [1.54, 1.807) is 24.8 Å². The number of guanidine groups is 1. The van der Waals surface area contributed by atoms with E-state index in [0.29, 0.717) is 44.0 Å². The molecular formula is C36H50Cl2N8O5S. The number of hydrogen-bond acceptors (Lipinski definition) is 8. The maximum absolute atomic E-state index is 14.5. The summed E-state index contributed by atoms with van der Waals surface area (Å²) in [4.78, 5) is 35.4. The Morgan fingerprint density at radius 3 is 2.40 bits per heavy atom. The summed E-state index contributed by atoms with van der Waals surface area (Å²) in [5, 5.41) is 10.9. The van der Waals surface area contributed by atoms with Crippen molar-refractivity contribution >= 4 is 61.9 Å². The first-order valence-corrected chi connectivity index (χ1v) is 19.6. The minimum atomic E-state index is -4.64. The van der Waals surface area contributed by atoms with Crippen LogP contribution in [-0.2, 0) is 26.2 Å². The number of aryl methyl sites for hydroxylation is 1. The fraction of sp³-hybridized carbons (Fsp3) is 0.500. The second-order valence-corrected chi connectivity index (χ2v) is 16.3. The van der Waals surface area contributed by atoms with Crippen molar-refractivity contribution in [1.82, 2.24) is 29.9 Å². The molecule has 2 aromatic carbocycles. The highest BCUT2D eigenvalue weighted by molar-refractivity contribution is 7.89. The molecule has 1 aliphatic rings. The minimum absolute atomic E-state index is 0.0201. The number of sulfonamides is 1.